The van der Waals surface area contributed by atoms with Gasteiger partial charge in [-0.15, -0.1) is 8.58 Å². The van der Waals surface area contributed by atoms with Crippen LogP contribution in [0.4, 0.5) is 0 Å². The van der Waals surface area contributed by atoms with E-state index in [1.54, 1.807) is 0 Å². The largest absolute Gasteiger partial charge is 0.330 e. The van der Waals surface area contributed by atoms with Crippen LogP contribution in [0.25, 0.3) is 0 Å². The topological polar surface area (TPSA) is 26.0 Å². The molecule has 0 heterocycles. The van der Waals surface area contributed by atoms with Gasteiger partial charge in [0.15, 0.2) is 0 Å². The highest BCUT2D eigenvalue weighted by Crippen LogP contribution is 2.30. The Kier molecular flexibility index (Phi) is 4.43. The summed E-state index contributed by atoms with van der Waals surface area (Å²) >= 11 is 0. The Balaban J connectivity index is 3.07. The zero-order valence-electron chi connectivity index (χ0n) is 6.70. The van der Waals surface area contributed by atoms with Gasteiger partial charge < -0.3 is 5.73 Å². The third kappa shape index (κ3) is 8.39. The Bertz CT molecular complexity index is 65.8. The molecular weight excluding hydrogens is 129 g/mol. The zero-order valence-corrected chi connectivity index (χ0v) is 7.70. The third-order valence-corrected chi connectivity index (χ3v) is 2.70. The SMILES string of the molecule is CC(C)(C)PCCCN. The summed E-state index contributed by atoms with van der Waals surface area (Å²) in [5.74, 6) is 0. The molecule has 0 aromatic rings. The normalized spacial score (nSPS) is 13.3. The molecule has 0 aromatic carbocycles. The van der Waals surface area contributed by atoms with Crippen LogP contribution in [0.5, 0.6) is 0 Å². The molecule has 0 saturated carbocycles. The number of rotatable bonds is 3. The highest BCUT2D eigenvalue weighted by Gasteiger charge is 2.07. The molecule has 9 heavy (non-hydrogen) atoms. The molecule has 0 spiro atoms. The van der Waals surface area contributed by atoms with E-state index >= 15 is 0 Å². The Morgan fingerprint density at radius 2 is 1.89 bits per heavy atom. The zero-order chi connectivity index (χ0) is 7.33. The van der Waals surface area contributed by atoms with Crippen molar-refractivity contribution in [2.24, 2.45) is 5.73 Å². The molecule has 1 nitrogen and oxygen atoms in total. The van der Waals surface area contributed by atoms with Crippen molar-refractivity contribution < 1.29 is 0 Å². The van der Waals surface area contributed by atoms with E-state index in [4.69, 9.17) is 5.73 Å². The summed E-state index contributed by atoms with van der Waals surface area (Å²) in [5, 5.41) is 0.523. The van der Waals surface area contributed by atoms with Gasteiger partial charge in [-0.25, -0.2) is 0 Å². The maximum absolute atomic E-state index is 5.36. The molecule has 0 fully saturated rings. The van der Waals surface area contributed by atoms with E-state index < -0.39 is 0 Å². The maximum atomic E-state index is 5.36. The van der Waals surface area contributed by atoms with E-state index in [0.717, 1.165) is 15.1 Å². The van der Waals surface area contributed by atoms with Crippen molar-refractivity contribution in [2.75, 3.05) is 12.7 Å². The van der Waals surface area contributed by atoms with Crippen LogP contribution in [0, 0.1) is 0 Å². The molecule has 0 aliphatic carbocycles. The minimum absolute atomic E-state index is 0.523. The standard InChI is InChI=1S/C7H18NP/c1-7(2,3)9-6-4-5-8/h9H,4-6,8H2,1-3H3. The molecule has 1 atom stereocenters. The molecule has 0 aromatic heterocycles. The molecule has 0 rings (SSSR count). The van der Waals surface area contributed by atoms with Crippen LogP contribution in [0.2, 0.25) is 0 Å². The first-order valence-electron chi connectivity index (χ1n) is 3.51. The first-order valence-corrected chi connectivity index (χ1v) is 4.72. The van der Waals surface area contributed by atoms with Crippen LogP contribution < -0.4 is 5.73 Å². The predicted octanol–water partition coefficient (Wildman–Crippen LogP) is 1.81. The van der Waals surface area contributed by atoms with Gasteiger partial charge >= 0.3 is 0 Å². The van der Waals surface area contributed by atoms with Gasteiger partial charge in [0, 0.05) is 0 Å². The van der Waals surface area contributed by atoms with Crippen LogP contribution in [0.15, 0.2) is 0 Å². The summed E-state index contributed by atoms with van der Waals surface area (Å²) in [5.41, 5.74) is 5.36. The molecule has 2 N–H and O–H groups in total. The summed E-state index contributed by atoms with van der Waals surface area (Å²) in [6, 6.07) is 0. The van der Waals surface area contributed by atoms with E-state index in [0.29, 0.717) is 5.16 Å². The second kappa shape index (κ2) is 4.24. The van der Waals surface area contributed by atoms with Gasteiger partial charge in [0.05, 0.1) is 0 Å². The maximum Gasteiger partial charge on any atom is -0.00740 e. The highest BCUT2D eigenvalue weighted by atomic mass is 31.1. The van der Waals surface area contributed by atoms with E-state index in [9.17, 15) is 0 Å². The van der Waals surface area contributed by atoms with E-state index in [1.165, 1.54) is 12.6 Å². The van der Waals surface area contributed by atoms with Crippen LogP contribution in [0.3, 0.4) is 0 Å². The van der Waals surface area contributed by atoms with Gasteiger partial charge in [-0.1, -0.05) is 20.8 Å². The second-order valence-corrected chi connectivity index (χ2v) is 5.67. The number of hydrogen-bond donors (Lipinski definition) is 1. The molecule has 0 radical (unpaired) electrons. The van der Waals surface area contributed by atoms with Crippen LogP contribution in [-0.4, -0.2) is 17.9 Å². The number of hydrogen-bond acceptors (Lipinski definition) is 1. The summed E-state index contributed by atoms with van der Waals surface area (Å²) in [6.07, 6.45) is 2.50. The van der Waals surface area contributed by atoms with Crippen LogP contribution in [0.1, 0.15) is 27.2 Å². The predicted molar refractivity (Wildman–Crippen MR) is 46.6 cm³/mol. The fourth-order valence-electron chi connectivity index (χ4n) is 0.565. The quantitative estimate of drug-likeness (QED) is 0.478. The minimum Gasteiger partial charge on any atom is -0.330 e. The van der Waals surface area contributed by atoms with Crippen molar-refractivity contribution in [2.45, 2.75) is 32.3 Å². The van der Waals surface area contributed by atoms with Crippen molar-refractivity contribution in [1.29, 1.82) is 0 Å². The first kappa shape index (κ1) is 9.39. The van der Waals surface area contributed by atoms with Crippen molar-refractivity contribution >= 4 is 8.58 Å². The first-order chi connectivity index (χ1) is 4.06. The average Bonchev–Trinajstić information content (AvgIpc) is 1.63. The number of nitrogens with two attached hydrogens (primary N) is 1. The lowest BCUT2D eigenvalue weighted by Gasteiger charge is -2.17. The van der Waals surface area contributed by atoms with Crippen molar-refractivity contribution in [3.05, 3.63) is 0 Å². The average molecular weight is 147 g/mol. The second-order valence-electron chi connectivity index (χ2n) is 3.32. The smallest absolute Gasteiger partial charge is 0.00740 e. The van der Waals surface area contributed by atoms with Crippen LogP contribution >= 0.6 is 8.58 Å². The third-order valence-electron chi connectivity index (χ3n) is 1.04. The van der Waals surface area contributed by atoms with E-state index in [2.05, 4.69) is 20.8 Å². The van der Waals surface area contributed by atoms with Crippen molar-refractivity contribution in [3.63, 3.8) is 0 Å². The molecule has 0 aliphatic rings. The molecule has 2 heteroatoms. The van der Waals surface area contributed by atoms with Gasteiger partial charge in [0.1, 0.15) is 0 Å². The van der Waals surface area contributed by atoms with Crippen molar-refractivity contribution in [1.82, 2.24) is 0 Å². The Hall–Kier alpha value is 0.390. The van der Waals surface area contributed by atoms with Gasteiger partial charge in [-0.05, 0) is 24.3 Å². The van der Waals surface area contributed by atoms with Crippen molar-refractivity contribution in [3.8, 4) is 0 Å². The molecule has 0 saturated heterocycles. The molecule has 0 aliphatic heterocycles. The molecule has 0 bridgehead atoms. The summed E-state index contributed by atoms with van der Waals surface area (Å²) in [6.45, 7) is 7.69. The Morgan fingerprint density at radius 3 is 2.22 bits per heavy atom. The molecule has 56 valence electrons. The Morgan fingerprint density at radius 1 is 1.33 bits per heavy atom. The van der Waals surface area contributed by atoms with Crippen LogP contribution in [-0.2, 0) is 0 Å². The Labute approximate surface area is 60.2 Å². The fourth-order valence-corrected chi connectivity index (χ4v) is 1.70. The van der Waals surface area contributed by atoms with E-state index in [1.807, 2.05) is 0 Å². The fraction of sp³-hybridized carbons (Fsp3) is 1.00. The van der Waals surface area contributed by atoms with Gasteiger partial charge in [0.2, 0.25) is 0 Å². The molecule has 0 amide bonds. The molecule has 1 unspecified atom stereocenters. The lowest BCUT2D eigenvalue weighted by atomic mass is 10.3. The van der Waals surface area contributed by atoms with Gasteiger partial charge in [-0.3, -0.25) is 0 Å². The monoisotopic (exact) mass is 147 g/mol. The summed E-state index contributed by atoms with van der Waals surface area (Å²) in [7, 11) is 1.07. The molecular formula is C7H18NP. The minimum atomic E-state index is 0.523. The summed E-state index contributed by atoms with van der Waals surface area (Å²) < 4.78 is 0. The lowest BCUT2D eigenvalue weighted by molar-refractivity contribution is 0.787. The van der Waals surface area contributed by atoms with Gasteiger partial charge in [-0.2, -0.15) is 0 Å². The van der Waals surface area contributed by atoms with Gasteiger partial charge in [0.25, 0.3) is 0 Å². The van der Waals surface area contributed by atoms with E-state index in [-0.39, 0.29) is 0 Å². The lowest BCUT2D eigenvalue weighted by Crippen LogP contribution is -2.07. The highest BCUT2D eigenvalue weighted by molar-refractivity contribution is 7.39. The summed E-state index contributed by atoms with van der Waals surface area (Å²) in [4.78, 5) is 0.